The average Bonchev–Trinajstić information content (AvgIpc) is 2.75. The van der Waals surface area contributed by atoms with Crippen LogP contribution in [0.2, 0.25) is 0 Å². The lowest BCUT2D eigenvalue weighted by atomic mass is 10.3. The summed E-state index contributed by atoms with van der Waals surface area (Å²) in [4.78, 5) is 17.2. The monoisotopic (exact) mass is 235 g/mol. The number of rotatable bonds is 2. The molecule has 0 aliphatic carbocycles. The van der Waals surface area contributed by atoms with Gasteiger partial charge in [-0.25, -0.2) is 4.98 Å². The first kappa shape index (κ1) is 10.9. The molecule has 0 fully saturated rings. The molecule has 2 aromatic rings. The maximum Gasteiger partial charge on any atom is 0.258 e. The zero-order valence-electron chi connectivity index (χ0n) is 9.44. The van der Waals surface area contributed by atoms with E-state index in [1.807, 2.05) is 31.7 Å². The van der Waals surface area contributed by atoms with E-state index in [1.54, 1.807) is 12.3 Å². The van der Waals surface area contributed by atoms with Crippen LogP contribution in [-0.4, -0.2) is 15.5 Å². The van der Waals surface area contributed by atoms with Gasteiger partial charge in [-0.3, -0.25) is 10.1 Å². The van der Waals surface area contributed by atoms with E-state index in [0.29, 0.717) is 10.7 Å². The Balaban J connectivity index is 2.13. The Morgan fingerprint density at radius 1 is 1.50 bits per heavy atom. The van der Waals surface area contributed by atoms with Crippen molar-refractivity contribution in [1.82, 2.24) is 9.55 Å². The first-order valence-corrected chi connectivity index (χ1v) is 5.75. The summed E-state index contributed by atoms with van der Waals surface area (Å²) in [5.41, 5.74) is 1.61. The van der Waals surface area contributed by atoms with Crippen LogP contribution < -0.4 is 5.32 Å². The van der Waals surface area contributed by atoms with Crippen molar-refractivity contribution in [2.45, 2.75) is 13.8 Å². The second-order valence-electron chi connectivity index (χ2n) is 3.68. The summed E-state index contributed by atoms with van der Waals surface area (Å²) in [5.74, 6) is -0.116. The minimum atomic E-state index is -0.116. The number of aromatic nitrogens is 2. The molecule has 0 bridgehead atoms. The lowest BCUT2D eigenvalue weighted by molar-refractivity contribution is 0.102. The number of aryl methyl sites for hydroxylation is 3. The number of thiazole rings is 1. The second kappa shape index (κ2) is 4.09. The van der Waals surface area contributed by atoms with Crippen LogP contribution in [0.25, 0.3) is 0 Å². The van der Waals surface area contributed by atoms with Crippen molar-refractivity contribution in [3.63, 3.8) is 0 Å². The molecule has 1 N–H and O–H groups in total. The summed E-state index contributed by atoms with van der Waals surface area (Å²) < 4.78 is 1.84. The topological polar surface area (TPSA) is 46.9 Å². The van der Waals surface area contributed by atoms with Crippen LogP contribution >= 0.6 is 11.3 Å². The van der Waals surface area contributed by atoms with Crippen molar-refractivity contribution in [2.75, 3.05) is 5.32 Å². The van der Waals surface area contributed by atoms with Crippen molar-refractivity contribution in [2.24, 2.45) is 7.05 Å². The number of carbonyl (C=O) groups excluding carboxylic acids is 1. The van der Waals surface area contributed by atoms with Gasteiger partial charge in [-0.1, -0.05) is 0 Å². The smallest absolute Gasteiger partial charge is 0.258 e. The molecule has 1 amide bonds. The van der Waals surface area contributed by atoms with Crippen molar-refractivity contribution in [1.29, 1.82) is 0 Å². The standard InChI is InChI=1S/C11H13N3OS/c1-7-8(2)16-11(12-7)13-10(15)9-4-5-14(3)6-9/h4-6H,1-3H3,(H,12,13,15). The lowest BCUT2D eigenvalue weighted by Crippen LogP contribution is -2.10. The largest absolute Gasteiger partial charge is 0.356 e. The van der Waals surface area contributed by atoms with Gasteiger partial charge in [0.05, 0.1) is 11.3 Å². The molecule has 84 valence electrons. The molecule has 2 rings (SSSR count). The molecule has 0 unspecified atom stereocenters. The Morgan fingerprint density at radius 3 is 2.75 bits per heavy atom. The summed E-state index contributed by atoms with van der Waals surface area (Å²) in [7, 11) is 1.88. The summed E-state index contributed by atoms with van der Waals surface area (Å²) >= 11 is 1.49. The molecule has 5 heteroatoms. The van der Waals surface area contributed by atoms with E-state index < -0.39 is 0 Å². The van der Waals surface area contributed by atoms with Gasteiger partial charge >= 0.3 is 0 Å². The number of anilines is 1. The van der Waals surface area contributed by atoms with Crippen LogP contribution in [-0.2, 0) is 7.05 Å². The molecule has 0 radical (unpaired) electrons. The van der Waals surface area contributed by atoms with Gasteiger partial charge in [-0.05, 0) is 19.9 Å². The van der Waals surface area contributed by atoms with Gasteiger partial charge in [0.1, 0.15) is 0 Å². The third kappa shape index (κ3) is 2.14. The Kier molecular flexibility index (Phi) is 2.78. The average molecular weight is 235 g/mol. The highest BCUT2D eigenvalue weighted by atomic mass is 32.1. The maximum atomic E-state index is 11.8. The molecule has 0 aromatic carbocycles. The number of nitrogens with one attached hydrogen (secondary N) is 1. The fraction of sp³-hybridized carbons (Fsp3) is 0.273. The van der Waals surface area contributed by atoms with Crippen molar-refractivity contribution >= 4 is 22.4 Å². The fourth-order valence-electron chi connectivity index (χ4n) is 1.33. The normalized spacial score (nSPS) is 10.4. The maximum absolute atomic E-state index is 11.8. The molecule has 0 atom stereocenters. The van der Waals surface area contributed by atoms with Crippen molar-refractivity contribution in [3.05, 3.63) is 34.6 Å². The van der Waals surface area contributed by atoms with E-state index in [9.17, 15) is 4.79 Å². The predicted molar refractivity (Wildman–Crippen MR) is 65.0 cm³/mol. The van der Waals surface area contributed by atoms with Crippen LogP contribution in [0.3, 0.4) is 0 Å². The third-order valence-electron chi connectivity index (χ3n) is 2.34. The first-order valence-electron chi connectivity index (χ1n) is 4.93. The van der Waals surface area contributed by atoms with Gasteiger partial charge < -0.3 is 4.57 Å². The zero-order chi connectivity index (χ0) is 11.7. The molecule has 4 nitrogen and oxygen atoms in total. The zero-order valence-corrected chi connectivity index (χ0v) is 10.3. The van der Waals surface area contributed by atoms with Crippen molar-refractivity contribution < 1.29 is 4.79 Å². The third-order valence-corrected chi connectivity index (χ3v) is 3.33. The second-order valence-corrected chi connectivity index (χ2v) is 4.88. The Morgan fingerprint density at radius 2 is 2.25 bits per heavy atom. The van der Waals surface area contributed by atoms with Gasteiger partial charge in [0.25, 0.3) is 5.91 Å². The molecule has 2 heterocycles. The quantitative estimate of drug-likeness (QED) is 0.868. The van der Waals surface area contributed by atoms with E-state index in [1.165, 1.54) is 11.3 Å². The molecule has 0 aliphatic rings. The number of hydrogen-bond donors (Lipinski definition) is 1. The summed E-state index contributed by atoms with van der Waals surface area (Å²) in [6, 6.07) is 1.78. The number of amides is 1. The minimum Gasteiger partial charge on any atom is -0.356 e. The van der Waals surface area contributed by atoms with Gasteiger partial charge in [0.15, 0.2) is 5.13 Å². The molecule has 16 heavy (non-hydrogen) atoms. The van der Waals surface area contributed by atoms with Crippen LogP contribution in [0.15, 0.2) is 18.5 Å². The molecule has 0 saturated carbocycles. The lowest BCUT2D eigenvalue weighted by Gasteiger charge is -1.97. The summed E-state index contributed by atoms with van der Waals surface area (Å²) in [6.45, 7) is 3.93. The first-order chi connectivity index (χ1) is 7.56. The fourth-order valence-corrected chi connectivity index (χ4v) is 2.14. The Hall–Kier alpha value is -1.62. The van der Waals surface area contributed by atoms with E-state index in [-0.39, 0.29) is 5.91 Å². The van der Waals surface area contributed by atoms with Crippen LogP contribution in [0.4, 0.5) is 5.13 Å². The molecular formula is C11H13N3OS. The van der Waals surface area contributed by atoms with Crippen molar-refractivity contribution in [3.8, 4) is 0 Å². The number of hydrogen-bond acceptors (Lipinski definition) is 3. The number of carbonyl (C=O) groups is 1. The van der Waals surface area contributed by atoms with Gasteiger partial charge in [-0.15, -0.1) is 11.3 Å². The number of nitrogens with zero attached hydrogens (tertiary/aromatic N) is 2. The highest BCUT2D eigenvalue weighted by Gasteiger charge is 2.10. The van der Waals surface area contributed by atoms with E-state index >= 15 is 0 Å². The highest BCUT2D eigenvalue weighted by Crippen LogP contribution is 2.21. The van der Waals surface area contributed by atoms with Gasteiger partial charge in [0, 0.05) is 24.3 Å². The van der Waals surface area contributed by atoms with E-state index in [0.717, 1.165) is 10.6 Å². The Bertz CT molecular complexity index is 508. The Labute approximate surface area is 97.9 Å². The molecule has 0 saturated heterocycles. The van der Waals surface area contributed by atoms with E-state index in [2.05, 4.69) is 10.3 Å². The van der Waals surface area contributed by atoms with Crippen LogP contribution in [0, 0.1) is 13.8 Å². The van der Waals surface area contributed by atoms with Gasteiger partial charge in [-0.2, -0.15) is 0 Å². The predicted octanol–water partition coefficient (Wildman–Crippen LogP) is 2.35. The molecule has 0 spiro atoms. The van der Waals surface area contributed by atoms with Crippen LogP contribution in [0.1, 0.15) is 20.9 Å². The van der Waals surface area contributed by atoms with Crippen LogP contribution in [0.5, 0.6) is 0 Å². The summed E-state index contributed by atoms with van der Waals surface area (Å²) in [5, 5.41) is 3.44. The molecule has 0 aliphatic heterocycles. The highest BCUT2D eigenvalue weighted by molar-refractivity contribution is 7.15. The van der Waals surface area contributed by atoms with E-state index in [4.69, 9.17) is 0 Å². The minimum absolute atomic E-state index is 0.116. The molecular weight excluding hydrogens is 222 g/mol. The SMILES string of the molecule is Cc1nc(NC(=O)c2ccn(C)c2)sc1C. The summed E-state index contributed by atoms with van der Waals surface area (Å²) in [6.07, 6.45) is 3.62. The van der Waals surface area contributed by atoms with Gasteiger partial charge in [0.2, 0.25) is 0 Å². The molecule has 2 aromatic heterocycles.